The summed E-state index contributed by atoms with van der Waals surface area (Å²) in [5, 5.41) is 13.4. The molecule has 1 atom stereocenters. The van der Waals surface area contributed by atoms with Gasteiger partial charge in [0, 0.05) is 12.2 Å². The van der Waals surface area contributed by atoms with Crippen molar-refractivity contribution in [3.05, 3.63) is 29.8 Å². The molecule has 0 unspecified atom stereocenters. The minimum absolute atomic E-state index is 0.127. The van der Waals surface area contributed by atoms with Crippen LogP contribution in [-0.4, -0.2) is 36.2 Å². The Hall–Kier alpha value is -2.09. The molecule has 3 rings (SSSR count). The number of alkyl halides is 3. The van der Waals surface area contributed by atoms with Crippen LogP contribution >= 0.6 is 0 Å². The lowest BCUT2D eigenvalue weighted by Gasteiger charge is -2.21. The van der Waals surface area contributed by atoms with Gasteiger partial charge >= 0.3 is 12.1 Å². The third kappa shape index (κ3) is 6.38. The van der Waals surface area contributed by atoms with E-state index in [1.54, 1.807) is 0 Å². The van der Waals surface area contributed by atoms with Gasteiger partial charge < -0.3 is 15.7 Å². The summed E-state index contributed by atoms with van der Waals surface area (Å²) < 4.78 is 31.7. The zero-order valence-corrected chi connectivity index (χ0v) is 13.6. The first kappa shape index (κ1) is 19.2. The van der Waals surface area contributed by atoms with Crippen molar-refractivity contribution in [1.82, 2.24) is 5.32 Å². The van der Waals surface area contributed by atoms with Crippen molar-refractivity contribution < 1.29 is 27.9 Å². The normalized spacial score (nSPS) is 20.2. The number of halogens is 3. The summed E-state index contributed by atoms with van der Waals surface area (Å²) >= 11 is 0. The van der Waals surface area contributed by atoms with Crippen molar-refractivity contribution in [2.45, 2.75) is 37.8 Å². The van der Waals surface area contributed by atoms with Crippen LogP contribution in [0.4, 0.5) is 18.9 Å². The second kappa shape index (κ2) is 8.33. The van der Waals surface area contributed by atoms with Gasteiger partial charge in [0.1, 0.15) is 0 Å². The Kier molecular flexibility index (Phi) is 6.41. The summed E-state index contributed by atoms with van der Waals surface area (Å²) in [7, 11) is 0. The van der Waals surface area contributed by atoms with Gasteiger partial charge in [-0.3, -0.25) is 4.79 Å². The molecule has 138 valence electrons. The van der Waals surface area contributed by atoms with Crippen molar-refractivity contribution in [1.29, 1.82) is 0 Å². The van der Waals surface area contributed by atoms with E-state index in [-0.39, 0.29) is 11.8 Å². The third-order valence-corrected chi connectivity index (χ3v) is 4.14. The molecule has 0 radical (unpaired) electrons. The molecule has 5 nitrogen and oxygen atoms in total. The molecule has 1 aromatic rings. The minimum atomic E-state index is -5.08. The van der Waals surface area contributed by atoms with Crippen LogP contribution < -0.4 is 10.6 Å². The lowest BCUT2D eigenvalue weighted by Crippen LogP contribution is -2.37. The fraction of sp³-hybridized carbons (Fsp3) is 0.529. The van der Waals surface area contributed by atoms with Crippen molar-refractivity contribution >= 4 is 17.6 Å². The van der Waals surface area contributed by atoms with E-state index in [1.807, 2.05) is 12.1 Å². The Labute approximate surface area is 143 Å². The number of benzene rings is 1. The van der Waals surface area contributed by atoms with Crippen LogP contribution in [0, 0.1) is 5.92 Å². The quantitative estimate of drug-likeness (QED) is 0.776. The number of anilines is 1. The van der Waals surface area contributed by atoms with E-state index in [2.05, 4.69) is 22.8 Å². The summed E-state index contributed by atoms with van der Waals surface area (Å²) in [5.41, 5.74) is 2.34. The number of hydrogen-bond acceptors (Lipinski definition) is 3. The SMILES string of the molecule is O=C(Nc1ccc(C2CC2)cc1)[C@H]1CCCNC1.O=C(O)C(F)(F)F. The van der Waals surface area contributed by atoms with Crippen molar-refractivity contribution in [3.8, 4) is 0 Å². The maximum absolute atomic E-state index is 12.0. The summed E-state index contributed by atoms with van der Waals surface area (Å²) in [5.74, 6) is -1.70. The van der Waals surface area contributed by atoms with Crippen LogP contribution in [-0.2, 0) is 9.59 Å². The molecule has 0 aromatic heterocycles. The van der Waals surface area contributed by atoms with E-state index in [9.17, 15) is 18.0 Å². The molecule has 8 heteroatoms. The van der Waals surface area contributed by atoms with Crippen molar-refractivity contribution in [2.75, 3.05) is 18.4 Å². The third-order valence-electron chi connectivity index (χ3n) is 4.14. The summed E-state index contributed by atoms with van der Waals surface area (Å²) in [6, 6.07) is 8.35. The van der Waals surface area contributed by atoms with Gasteiger partial charge in [0.25, 0.3) is 0 Å². The Bertz CT molecular complexity index is 592. The molecule has 2 fully saturated rings. The Morgan fingerprint density at radius 1 is 1.12 bits per heavy atom. The second-order valence-corrected chi connectivity index (χ2v) is 6.23. The monoisotopic (exact) mass is 358 g/mol. The van der Waals surface area contributed by atoms with Crippen LogP contribution in [0.3, 0.4) is 0 Å². The van der Waals surface area contributed by atoms with E-state index >= 15 is 0 Å². The standard InChI is InChI=1S/C15H20N2O.C2HF3O2/c18-15(13-2-1-9-16-10-13)17-14-7-5-12(6-8-14)11-3-4-11;3-2(4,5)1(6)7/h5-8,11,13,16H,1-4,9-10H2,(H,17,18);(H,6,7)/t13-;/m0./s1. The number of nitrogens with one attached hydrogen (secondary N) is 2. The van der Waals surface area contributed by atoms with Gasteiger partial charge in [-0.25, -0.2) is 4.79 Å². The first-order valence-corrected chi connectivity index (χ1v) is 8.19. The molecule has 25 heavy (non-hydrogen) atoms. The molecule has 3 N–H and O–H groups in total. The van der Waals surface area contributed by atoms with Crippen LogP contribution in [0.25, 0.3) is 0 Å². The number of carbonyl (C=O) groups is 2. The molecule has 0 bridgehead atoms. The highest BCUT2D eigenvalue weighted by molar-refractivity contribution is 5.92. The maximum Gasteiger partial charge on any atom is 0.490 e. The predicted octanol–water partition coefficient (Wildman–Crippen LogP) is 3.14. The smallest absolute Gasteiger partial charge is 0.475 e. The highest BCUT2D eigenvalue weighted by atomic mass is 19.4. The molecule has 1 aliphatic heterocycles. The highest BCUT2D eigenvalue weighted by Gasteiger charge is 2.38. The summed E-state index contributed by atoms with van der Waals surface area (Å²) in [6.07, 6.45) is -0.351. The van der Waals surface area contributed by atoms with Gasteiger partial charge in [0.05, 0.1) is 5.92 Å². The molecular formula is C17H21F3N2O3. The molecule has 1 aliphatic carbocycles. The molecule has 1 amide bonds. The zero-order chi connectivity index (χ0) is 18.4. The number of carbonyl (C=O) groups excluding carboxylic acids is 1. The number of aliphatic carboxylic acids is 1. The fourth-order valence-corrected chi connectivity index (χ4v) is 2.58. The number of piperidine rings is 1. The molecule has 0 spiro atoms. The predicted molar refractivity (Wildman–Crippen MR) is 86.3 cm³/mol. The highest BCUT2D eigenvalue weighted by Crippen LogP contribution is 2.40. The average Bonchev–Trinajstić information content (AvgIpc) is 3.41. The minimum Gasteiger partial charge on any atom is -0.475 e. The van der Waals surface area contributed by atoms with Gasteiger partial charge in [-0.15, -0.1) is 0 Å². The van der Waals surface area contributed by atoms with Crippen molar-refractivity contribution in [2.24, 2.45) is 5.92 Å². The van der Waals surface area contributed by atoms with Crippen LogP contribution in [0.5, 0.6) is 0 Å². The average molecular weight is 358 g/mol. The Morgan fingerprint density at radius 2 is 1.72 bits per heavy atom. The molecule has 1 saturated carbocycles. The largest absolute Gasteiger partial charge is 0.490 e. The number of amides is 1. The topological polar surface area (TPSA) is 78.4 Å². The molecule has 2 aliphatic rings. The Morgan fingerprint density at radius 3 is 2.16 bits per heavy atom. The number of rotatable bonds is 3. The number of carboxylic acids is 1. The molecular weight excluding hydrogens is 337 g/mol. The lowest BCUT2D eigenvalue weighted by molar-refractivity contribution is -0.192. The second-order valence-electron chi connectivity index (χ2n) is 6.23. The molecule has 1 aromatic carbocycles. The van der Waals surface area contributed by atoms with E-state index in [0.29, 0.717) is 0 Å². The van der Waals surface area contributed by atoms with Gasteiger partial charge in [0.15, 0.2) is 0 Å². The van der Waals surface area contributed by atoms with E-state index in [0.717, 1.165) is 37.5 Å². The zero-order valence-electron chi connectivity index (χ0n) is 13.6. The van der Waals surface area contributed by atoms with Crippen LogP contribution in [0.1, 0.15) is 37.2 Å². The van der Waals surface area contributed by atoms with Gasteiger partial charge in [0.2, 0.25) is 5.91 Å². The van der Waals surface area contributed by atoms with E-state index < -0.39 is 12.1 Å². The first-order valence-electron chi connectivity index (χ1n) is 8.19. The first-order chi connectivity index (χ1) is 11.8. The fourth-order valence-electron chi connectivity index (χ4n) is 2.58. The maximum atomic E-state index is 12.0. The van der Waals surface area contributed by atoms with Crippen LogP contribution in [0.15, 0.2) is 24.3 Å². The van der Waals surface area contributed by atoms with Gasteiger partial charge in [-0.05, 0) is 55.8 Å². The Balaban J connectivity index is 0.000000277. The molecule has 1 saturated heterocycles. The number of carboxylic acid groups (broad SMARTS) is 1. The van der Waals surface area contributed by atoms with Crippen molar-refractivity contribution in [3.63, 3.8) is 0 Å². The van der Waals surface area contributed by atoms with E-state index in [4.69, 9.17) is 9.90 Å². The lowest BCUT2D eigenvalue weighted by atomic mass is 9.99. The van der Waals surface area contributed by atoms with E-state index in [1.165, 1.54) is 18.4 Å². The van der Waals surface area contributed by atoms with Gasteiger partial charge in [-0.2, -0.15) is 13.2 Å². The van der Waals surface area contributed by atoms with Crippen LogP contribution in [0.2, 0.25) is 0 Å². The van der Waals surface area contributed by atoms with Gasteiger partial charge in [-0.1, -0.05) is 12.1 Å². The number of hydrogen-bond donors (Lipinski definition) is 3. The summed E-state index contributed by atoms with van der Waals surface area (Å²) in [6.45, 7) is 1.85. The summed E-state index contributed by atoms with van der Waals surface area (Å²) in [4.78, 5) is 20.9. The molecule has 1 heterocycles.